The first-order valence-electron chi connectivity index (χ1n) is 10.2. The van der Waals surface area contributed by atoms with Gasteiger partial charge in [-0.25, -0.2) is 4.39 Å². The number of benzene rings is 3. The second kappa shape index (κ2) is 11.7. The number of halogens is 3. The molecule has 0 aromatic heterocycles. The van der Waals surface area contributed by atoms with Crippen molar-refractivity contribution in [3.8, 4) is 5.75 Å². The van der Waals surface area contributed by atoms with Gasteiger partial charge >= 0.3 is 0 Å². The minimum atomic E-state index is -0.881. The number of ether oxygens (including phenoxy) is 1. The van der Waals surface area contributed by atoms with E-state index in [0.29, 0.717) is 5.02 Å². The Kier molecular flexibility index (Phi) is 8.69. The number of likely N-dealkylation sites (N-methyl/N-ethyl adjacent to an activating group) is 1. The molecule has 0 aliphatic heterocycles. The van der Waals surface area contributed by atoms with E-state index < -0.39 is 24.4 Å². The maximum Gasteiger partial charge on any atom is 0.261 e. The van der Waals surface area contributed by atoms with Crippen LogP contribution >= 0.6 is 23.2 Å². The Morgan fingerprint density at radius 1 is 1.03 bits per heavy atom. The highest BCUT2D eigenvalue weighted by Crippen LogP contribution is 2.27. The van der Waals surface area contributed by atoms with Gasteiger partial charge in [-0.2, -0.15) is 0 Å². The molecule has 0 saturated carbocycles. The molecule has 0 aliphatic carbocycles. The van der Waals surface area contributed by atoms with Crippen LogP contribution in [0.5, 0.6) is 5.75 Å². The molecule has 1 N–H and O–H groups in total. The highest BCUT2D eigenvalue weighted by Gasteiger charge is 2.30. The summed E-state index contributed by atoms with van der Waals surface area (Å²) in [4.78, 5) is 27.4. The number of carbonyl (C=O) groups excluding carboxylic acids is 2. The van der Waals surface area contributed by atoms with Crippen molar-refractivity contribution in [1.29, 1.82) is 0 Å². The second-order valence-electron chi connectivity index (χ2n) is 7.30. The third-order valence-electron chi connectivity index (χ3n) is 5.06. The molecule has 0 radical (unpaired) electrons. The molecular formula is C25H23Cl2FN2O3. The summed E-state index contributed by atoms with van der Waals surface area (Å²) in [7, 11) is 1.50. The molecular weight excluding hydrogens is 466 g/mol. The van der Waals surface area contributed by atoms with Crippen LogP contribution in [0.4, 0.5) is 4.39 Å². The summed E-state index contributed by atoms with van der Waals surface area (Å²) in [6, 6.07) is 19.2. The smallest absolute Gasteiger partial charge is 0.261 e. The van der Waals surface area contributed by atoms with Crippen molar-refractivity contribution >= 4 is 35.0 Å². The van der Waals surface area contributed by atoms with E-state index in [1.54, 1.807) is 30.3 Å². The Morgan fingerprint density at radius 3 is 2.39 bits per heavy atom. The molecule has 0 fully saturated rings. The fourth-order valence-electron chi connectivity index (χ4n) is 3.35. The Labute approximate surface area is 202 Å². The summed E-state index contributed by atoms with van der Waals surface area (Å²) in [5.41, 5.74) is 1.15. The first-order chi connectivity index (χ1) is 15.9. The van der Waals surface area contributed by atoms with Crippen LogP contribution in [-0.2, 0) is 22.6 Å². The van der Waals surface area contributed by atoms with Crippen molar-refractivity contribution in [1.82, 2.24) is 10.2 Å². The third-order valence-corrected chi connectivity index (χ3v) is 5.59. The molecule has 2 amide bonds. The largest absolute Gasteiger partial charge is 0.482 e. The van der Waals surface area contributed by atoms with Crippen molar-refractivity contribution < 1.29 is 18.7 Å². The molecule has 3 aromatic carbocycles. The fourth-order valence-corrected chi connectivity index (χ4v) is 3.81. The Balaban J connectivity index is 1.89. The molecule has 172 valence electrons. The van der Waals surface area contributed by atoms with Crippen molar-refractivity contribution in [3.63, 3.8) is 0 Å². The van der Waals surface area contributed by atoms with Gasteiger partial charge in [0.2, 0.25) is 5.91 Å². The molecule has 0 saturated heterocycles. The number of amides is 2. The van der Waals surface area contributed by atoms with Crippen molar-refractivity contribution in [2.24, 2.45) is 0 Å². The predicted octanol–water partition coefficient (Wildman–Crippen LogP) is 4.90. The quantitative estimate of drug-likeness (QED) is 0.466. The van der Waals surface area contributed by atoms with Gasteiger partial charge in [0.15, 0.2) is 6.61 Å². The van der Waals surface area contributed by atoms with Crippen LogP contribution in [0.15, 0.2) is 72.8 Å². The Bertz CT molecular complexity index is 1110. The van der Waals surface area contributed by atoms with E-state index in [0.717, 1.165) is 5.56 Å². The summed E-state index contributed by atoms with van der Waals surface area (Å²) in [6.07, 6.45) is 0.252. The molecule has 3 aromatic rings. The first kappa shape index (κ1) is 24.6. The average molecular weight is 489 g/mol. The molecule has 3 rings (SSSR count). The minimum absolute atomic E-state index is 0.103. The zero-order chi connectivity index (χ0) is 23.8. The molecule has 0 heterocycles. The number of rotatable bonds is 9. The zero-order valence-corrected chi connectivity index (χ0v) is 19.4. The van der Waals surface area contributed by atoms with E-state index in [1.165, 1.54) is 24.1 Å². The van der Waals surface area contributed by atoms with E-state index in [1.807, 2.05) is 30.3 Å². The lowest BCUT2D eigenvalue weighted by molar-refractivity contribution is -0.142. The zero-order valence-electron chi connectivity index (χ0n) is 17.9. The molecule has 0 spiro atoms. The summed E-state index contributed by atoms with van der Waals surface area (Å²) in [5, 5.41) is 3.29. The van der Waals surface area contributed by atoms with Gasteiger partial charge in [-0.1, -0.05) is 71.7 Å². The van der Waals surface area contributed by atoms with Crippen molar-refractivity contribution in [3.05, 3.63) is 99.8 Å². The Morgan fingerprint density at radius 2 is 1.73 bits per heavy atom. The van der Waals surface area contributed by atoms with Crippen LogP contribution in [0.1, 0.15) is 11.1 Å². The lowest BCUT2D eigenvalue weighted by Gasteiger charge is -2.31. The molecule has 33 heavy (non-hydrogen) atoms. The summed E-state index contributed by atoms with van der Waals surface area (Å²) < 4.78 is 20.0. The SMILES string of the molecule is CNC(=O)[C@@H](Cc1ccccc1)N(Cc1ccccc1F)C(=O)COc1ccc(Cl)cc1Cl. The van der Waals surface area contributed by atoms with E-state index >= 15 is 0 Å². The van der Waals surface area contributed by atoms with Gasteiger partial charge in [-0.05, 0) is 29.8 Å². The van der Waals surface area contributed by atoms with E-state index in [4.69, 9.17) is 27.9 Å². The number of nitrogens with zero attached hydrogens (tertiary/aromatic N) is 1. The van der Waals surface area contributed by atoms with E-state index in [2.05, 4.69) is 5.32 Å². The molecule has 8 heteroatoms. The lowest BCUT2D eigenvalue weighted by Crippen LogP contribution is -2.51. The molecule has 0 unspecified atom stereocenters. The van der Waals surface area contributed by atoms with E-state index in [9.17, 15) is 14.0 Å². The second-order valence-corrected chi connectivity index (χ2v) is 8.14. The minimum Gasteiger partial charge on any atom is -0.482 e. The summed E-state index contributed by atoms with van der Waals surface area (Å²) in [6.45, 7) is -0.494. The van der Waals surface area contributed by atoms with Gasteiger partial charge in [0.1, 0.15) is 17.6 Å². The average Bonchev–Trinajstić information content (AvgIpc) is 2.82. The summed E-state index contributed by atoms with van der Waals surface area (Å²) in [5.74, 6) is -1.05. The van der Waals surface area contributed by atoms with Crippen molar-refractivity contribution in [2.75, 3.05) is 13.7 Å². The normalized spacial score (nSPS) is 11.5. The van der Waals surface area contributed by atoms with Gasteiger partial charge in [0.05, 0.1) is 5.02 Å². The number of hydrogen-bond donors (Lipinski definition) is 1. The number of hydrogen-bond acceptors (Lipinski definition) is 3. The highest BCUT2D eigenvalue weighted by atomic mass is 35.5. The first-order valence-corrected chi connectivity index (χ1v) is 11.0. The van der Waals surface area contributed by atoms with Crippen molar-refractivity contribution in [2.45, 2.75) is 19.0 Å². The van der Waals surface area contributed by atoms with Gasteiger partial charge in [-0.15, -0.1) is 0 Å². The molecule has 0 bridgehead atoms. The molecule has 0 aliphatic rings. The highest BCUT2D eigenvalue weighted by molar-refractivity contribution is 6.35. The number of carbonyl (C=O) groups is 2. The molecule has 5 nitrogen and oxygen atoms in total. The lowest BCUT2D eigenvalue weighted by atomic mass is 10.0. The fraction of sp³-hybridized carbons (Fsp3) is 0.200. The number of nitrogens with one attached hydrogen (secondary N) is 1. The van der Waals surface area contributed by atoms with E-state index in [-0.39, 0.29) is 35.2 Å². The van der Waals surface area contributed by atoms with Gasteiger partial charge in [0, 0.05) is 30.6 Å². The predicted molar refractivity (Wildman–Crippen MR) is 127 cm³/mol. The van der Waals surface area contributed by atoms with Gasteiger partial charge in [-0.3, -0.25) is 9.59 Å². The Hall–Kier alpha value is -3.09. The van der Waals surface area contributed by atoms with Crippen LogP contribution in [0, 0.1) is 5.82 Å². The topological polar surface area (TPSA) is 58.6 Å². The van der Waals surface area contributed by atoms with Gasteiger partial charge in [0.25, 0.3) is 5.91 Å². The maximum atomic E-state index is 14.4. The summed E-state index contributed by atoms with van der Waals surface area (Å²) >= 11 is 12.0. The molecule has 1 atom stereocenters. The third kappa shape index (κ3) is 6.70. The van der Waals surface area contributed by atoms with Crippen LogP contribution in [0.3, 0.4) is 0 Å². The van der Waals surface area contributed by atoms with Crippen LogP contribution < -0.4 is 10.1 Å². The van der Waals surface area contributed by atoms with Crippen LogP contribution in [0.2, 0.25) is 10.0 Å². The maximum absolute atomic E-state index is 14.4. The van der Waals surface area contributed by atoms with Crippen LogP contribution in [-0.4, -0.2) is 36.4 Å². The van der Waals surface area contributed by atoms with Gasteiger partial charge < -0.3 is 15.0 Å². The monoisotopic (exact) mass is 488 g/mol. The van der Waals surface area contributed by atoms with Crippen LogP contribution in [0.25, 0.3) is 0 Å². The standard InChI is InChI=1S/C25H23Cl2FN2O3/c1-29-25(32)22(13-17-7-3-2-4-8-17)30(15-18-9-5-6-10-21(18)28)24(31)16-33-23-12-11-19(26)14-20(23)27/h2-12,14,22H,13,15-16H2,1H3,(H,29,32)/t22-/m1/s1.